The van der Waals surface area contributed by atoms with Crippen molar-refractivity contribution < 1.29 is 14.3 Å². The number of carbonyl (C=O) groups is 1. The number of ketones is 1. The normalized spacial score (nSPS) is 10.7. The van der Waals surface area contributed by atoms with Crippen molar-refractivity contribution in [3.05, 3.63) is 90.0 Å². The number of ether oxygens (including phenoxy) is 2. The quantitative estimate of drug-likeness (QED) is 0.141. The minimum atomic E-state index is -0.0119. The average molecular weight is 463 g/mol. The zero-order chi connectivity index (χ0) is 23.1. The van der Waals surface area contributed by atoms with Crippen LogP contribution in [0.1, 0.15) is 67.3 Å². The van der Waals surface area contributed by atoms with Crippen LogP contribution in [0, 0.1) is 0 Å². The van der Waals surface area contributed by atoms with E-state index < -0.39 is 0 Å². The van der Waals surface area contributed by atoms with Gasteiger partial charge in [0.25, 0.3) is 0 Å². The molecule has 174 valence electrons. The van der Waals surface area contributed by atoms with Crippen LogP contribution in [0.15, 0.2) is 78.9 Å². The summed E-state index contributed by atoms with van der Waals surface area (Å²) in [5.74, 6) is 3.28. The van der Waals surface area contributed by atoms with Gasteiger partial charge >= 0.3 is 0 Å². The molecule has 0 aliphatic heterocycles. The number of rotatable bonds is 15. The lowest BCUT2D eigenvalue weighted by atomic mass is 10.0. The third kappa shape index (κ3) is 8.97. The fourth-order valence-corrected chi connectivity index (χ4v) is 3.86. The molecule has 0 amide bonds. The minimum absolute atomic E-state index is 0.0119. The smallest absolute Gasteiger partial charge is 0.193 e. The van der Waals surface area contributed by atoms with E-state index in [-0.39, 0.29) is 5.78 Å². The van der Waals surface area contributed by atoms with E-state index >= 15 is 0 Å². The molecule has 33 heavy (non-hydrogen) atoms. The highest BCUT2D eigenvalue weighted by molar-refractivity contribution is 7.80. The van der Waals surface area contributed by atoms with Crippen LogP contribution in [0.25, 0.3) is 0 Å². The first-order valence-corrected chi connectivity index (χ1v) is 12.6. The summed E-state index contributed by atoms with van der Waals surface area (Å²) in [6.07, 6.45) is 10.0. The van der Waals surface area contributed by atoms with Gasteiger partial charge in [0.05, 0.1) is 6.61 Å². The van der Waals surface area contributed by atoms with Crippen LogP contribution in [0.4, 0.5) is 0 Å². The molecular formula is C29H34O3S. The van der Waals surface area contributed by atoms with Gasteiger partial charge in [0, 0.05) is 11.1 Å². The molecule has 3 aromatic rings. The predicted octanol–water partition coefficient (Wildman–Crippen LogP) is 8.14. The van der Waals surface area contributed by atoms with Crippen molar-refractivity contribution in [1.82, 2.24) is 0 Å². The molecule has 0 bridgehead atoms. The number of hydrogen-bond donors (Lipinski definition) is 1. The van der Waals surface area contributed by atoms with Crippen molar-refractivity contribution >= 4 is 18.4 Å². The van der Waals surface area contributed by atoms with Crippen LogP contribution >= 0.6 is 12.6 Å². The van der Waals surface area contributed by atoms with Crippen LogP contribution in [0.5, 0.6) is 17.2 Å². The number of thiol groups is 1. The molecule has 0 aliphatic rings. The minimum Gasteiger partial charge on any atom is -0.494 e. The number of unbranched alkanes of at least 4 members (excludes halogenated alkanes) is 7. The van der Waals surface area contributed by atoms with Crippen molar-refractivity contribution in [3.8, 4) is 17.2 Å². The maximum Gasteiger partial charge on any atom is 0.193 e. The molecular weight excluding hydrogens is 428 g/mol. The number of hydrogen-bond acceptors (Lipinski definition) is 4. The van der Waals surface area contributed by atoms with E-state index in [0.717, 1.165) is 30.3 Å². The number of para-hydroxylation sites is 1. The Bertz CT molecular complexity index is 937. The Labute approximate surface area is 203 Å². The van der Waals surface area contributed by atoms with Crippen LogP contribution in [-0.2, 0) is 0 Å². The first kappa shape index (κ1) is 24.9. The summed E-state index contributed by atoms with van der Waals surface area (Å²) in [7, 11) is 0. The van der Waals surface area contributed by atoms with Gasteiger partial charge in [-0.1, -0.05) is 56.7 Å². The third-order valence-corrected chi connectivity index (χ3v) is 5.85. The van der Waals surface area contributed by atoms with E-state index in [4.69, 9.17) is 9.47 Å². The topological polar surface area (TPSA) is 35.5 Å². The molecule has 0 aromatic heterocycles. The van der Waals surface area contributed by atoms with Gasteiger partial charge in [0.15, 0.2) is 5.78 Å². The first-order chi connectivity index (χ1) is 16.3. The Morgan fingerprint density at radius 3 is 1.64 bits per heavy atom. The molecule has 0 fully saturated rings. The second-order valence-corrected chi connectivity index (χ2v) is 8.64. The molecule has 0 spiro atoms. The molecule has 0 unspecified atom stereocenters. The highest BCUT2D eigenvalue weighted by atomic mass is 32.1. The molecule has 0 saturated heterocycles. The highest BCUT2D eigenvalue weighted by Crippen LogP contribution is 2.23. The third-order valence-electron chi connectivity index (χ3n) is 5.53. The van der Waals surface area contributed by atoms with Crippen LogP contribution in [-0.4, -0.2) is 18.1 Å². The summed E-state index contributed by atoms with van der Waals surface area (Å²) in [6, 6.07) is 24.2. The summed E-state index contributed by atoms with van der Waals surface area (Å²) < 4.78 is 11.6. The van der Waals surface area contributed by atoms with E-state index in [1.165, 1.54) is 44.9 Å². The van der Waals surface area contributed by atoms with Crippen molar-refractivity contribution in [2.75, 3.05) is 12.4 Å². The van der Waals surface area contributed by atoms with Crippen molar-refractivity contribution in [2.45, 2.75) is 51.4 Å². The van der Waals surface area contributed by atoms with Crippen molar-refractivity contribution in [2.24, 2.45) is 0 Å². The van der Waals surface area contributed by atoms with Gasteiger partial charge < -0.3 is 9.47 Å². The molecule has 0 radical (unpaired) electrons. The van der Waals surface area contributed by atoms with Gasteiger partial charge in [-0.2, -0.15) is 12.6 Å². The molecule has 0 N–H and O–H groups in total. The lowest BCUT2D eigenvalue weighted by Gasteiger charge is -2.08. The van der Waals surface area contributed by atoms with E-state index in [2.05, 4.69) is 12.6 Å². The average Bonchev–Trinajstić information content (AvgIpc) is 2.86. The fraction of sp³-hybridized carbons (Fsp3) is 0.345. The zero-order valence-corrected chi connectivity index (χ0v) is 20.1. The van der Waals surface area contributed by atoms with E-state index in [9.17, 15) is 4.79 Å². The maximum atomic E-state index is 12.8. The van der Waals surface area contributed by atoms with Crippen LogP contribution in [0.2, 0.25) is 0 Å². The van der Waals surface area contributed by atoms with Gasteiger partial charge in [0.1, 0.15) is 17.2 Å². The largest absolute Gasteiger partial charge is 0.494 e. The lowest BCUT2D eigenvalue weighted by Crippen LogP contribution is -2.02. The molecule has 4 heteroatoms. The van der Waals surface area contributed by atoms with Gasteiger partial charge in [-0.25, -0.2) is 0 Å². The molecule has 0 saturated carbocycles. The Kier molecular flexibility index (Phi) is 10.9. The Morgan fingerprint density at radius 1 is 0.576 bits per heavy atom. The van der Waals surface area contributed by atoms with Gasteiger partial charge in [0.2, 0.25) is 0 Å². The summed E-state index contributed by atoms with van der Waals surface area (Å²) in [5, 5.41) is 0. The summed E-state index contributed by atoms with van der Waals surface area (Å²) in [5.41, 5.74) is 1.28. The lowest BCUT2D eigenvalue weighted by molar-refractivity contribution is 0.103. The molecule has 0 heterocycles. The highest BCUT2D eigenvalue weighted by Gasteiger charge is 2.10. The molecule has 3 nitrogen and oxygen atoms in total. The van der Waals surface area contributed by atoms with E-state index in [1.54, 1.807) is 12.1 Å². The van der Waals surface area contributed by atoms with Crippen LogP contribution in [0.3, 0.4) is 0 Å². The molecule has 3 rings (SSSR count). The summed E-state index contributed by atoms with van der Waals surface area (Å²) in [4.78, 5) is 12.8. The van der Waals surface area contributed by atoms with Crippen LogP contribution < -0.4 is 9.47 Å². The number of carbonyl (C=O) groups excluding carboxylic acids is 1. The van der Waals surface area contributed by atoms with E-state index in [1.807, 2.05) is 66.7 Å². The zero-order valence-electron chi connectivity index (χ0n) is 19.2. The first-order valence-electron chi connectivity index (χ1n) is 12.0. The second kappa shape index (κ2) is 14.4. The van der Waals surface area contributed by atoms with Gasteiger partial charge in [-0.15, -0.1) is 0 Å². The Hall–Kier alpha value is -2.72. The Balaban J connectivity index is 1.37. The standard InChI is InChI=1S/C29H34O3S/c30-29(25-16-20-28(21-17-25)32-27-12-8-7-9-13-27)24-14-18-26(19-15-24)31-22-10-5-3-1-2-4-6-11-23-33/h7-9,12-21,33H,1-6,10-11,22-23H2. The molecule has 0 aliphatic carbocycles. The van der Waals surface area contributed by atoms with E-state index in [0.29, 0.717) is 16.9 Å². The van der Waals surface area contributed by atoms with Gasteiger partial charge in [-0.05, 0) is 79.3 Å². The predicted molar refractivity (Wildman–Crippen MR) is 139 cm³/mol. The SMILES string of the molecule is O=C(c1ccc(OCCCCCCCCCCS)cc1)c1ccc(Oc2ccccc2)cc1. The molecule has 3 aromatic carbocycles. The molecule has 0 atom stereocenters. The van der Waals surface area contributed by atoms with Gasteiger partial charge in [-0.3, -0.25) is 4.79 Å². The van der Waals surface area contributed by atoms with Crippen molar-refractivity contribution in [3.63, 3.8) is 0 Å². The fourth-order valence-electron chi connectivity index (χ4n) is 3.63. The van der Waals surface area contributed by atoms with Crippen molar-refractivity contribution in [1.29, 1.82) is 0 Å². The summed E-state index contributed by atoms with van der Waals surface area (Å²) >= 11 is 4.25. The second-order valence-electron chi connectivity index (χ2n) is 8.19. The Morgan fingerprint density at radius 2 is 1.06 bits per heavy atom. The number of benzene rings is 3. The maximum absolute atomic E-state index is 12.8. The monoisotopic (exact) mass is 462 g/mol. The summed E-state index contributed by atoms with van der Waals surface area (Å²) in [6.45, 7) is 0.718.